The van der Waals surface area contributed by atoms with Gasteiger partial charge in [-0.1, -0.05) is 17.7 Å². The van der Waals surface area contributed by atoms with Crippen LogP contribution < -0.4 is 10.6 Å². The van der Waals surface area contributed by atoms with Crippen LogP contribution in [-0.4, -0.2) is 21.5 Å². The second-order valence-corrected chi connectivity index (χ2v) is 7.13. The number of nitrogens with two attached hydrogens (primary N) is 1. The minimum absolute atomic E-state index is 0.167. The molecule has 0 heterocycles. The molecule has 0 radical (unpaired) electrons. The van der Waals surface area contributed by atoms with Gasteiger partial charge in [-0.2, -0.15) is 0 Å². The fourth-order valence-electron chi connectivity index (χ4n) is 2.39. The van der Waals surface area contributed by atoms with E-state index in [1.807, 2.05) is 26.8 Å². The van der Waals surface area contributed by atoms with Crippen LogP contribution in [0.1, 0.15) is 19.4 Å². The van der Waals surface area contributed by atoms with Gasteiger partial charge in [-0.25, -0.2) is 8.42 Å². The minimum Gasteiger partial charge on any atom is -0.398 e. The Bertz CT molecular complexity index is 749. The number of hydrogen-bond acceptors (Lipinski definition) is 4. The number of anilines is 2. The molecule has 0 saturated carbocycles. The second kappa shape index (κ2) is 6.40. The van der Waals surface area contributed by atoms with Crippen LogP contribution in [0, 0.1) is 6.92 Å². The molecule has 0 spiro atoms. The lowest BCUT2D eigenvalue weighted by atomic mass is 10.2. The molecule has 2 aromatic rings. The molecule has 0 bridgehead atoms. The van der Waals surface area contributed by atoms with E-state index in [0.29, 0.717) is 0 Å². The van der Waals surface area contributed by atoms with E-state index in [1.54, 1.807) is 36.4 Å². The van der Waals surface area contributed by atoms with Gasteiger partial charge in [-0.05, 0) is 51.1 Å². The van der Waals surface area contributed by atoms with Crippen LogP contribution in [0.5, 0.6) is 0 Å². The van der Waals surface area contributed by atoms with Crippen molar-refractivity contribution in [1.82, 2.24) is 0 Å². The van der Waals surface area contributed by atoms with Crippen molar-refractivity contribution in [3.8, 4) is 0 Å². The van der Waals surface area contributed by atoms with Gasteiger partial charge in [0.2, 0.25) is 9.84 Å². The zero-order valence-corrected chi connectivity index (χ0v) is 14.0. The lowest BCUT2D eigenvalue weighted by Crippen LogP contribution is -2.22. The summed E-state index contributed by atoms with van der Waals surface area (Å²) in [6.07, 6.45) is 0. The van der Waals surface area contributed by atoms with Crippen molar-refractivity contribution in [2.24, 2.45) is 0 Å². The number of hydrogen-bond donors (Lipinski definition) is 1. The standard InChI is InChI=1S/C17H22N2O2S/c1-4-19(5-2)14-8-11-16(18)17(12-14)22(20,21)15-9-6-13(3)7-10-15/h6-12H,4-5,18H2,1-3H3. The molecule has 0 fully saturated rings. The average molecular weight is 318 g/mol. The summed E-state index contributed by atoms with van der Waals surface area (Å²) in [6.45, 7) is 7.61. The molecule has 0 saturated heterocycles. The average Bonchev–Trinajstić information content (AvgIpc) is 2.50. The molecule has 22 heavy (non-hydrogen) atoms. The van der Waals surface area contributed by atoms with E-state index >= 15 is 0 Å². The van der Waals surface area contributed by atoms with Gasteiger partial charge in [0, 0.05) is 18.8 Å². The molecule has 0 amide bonds. The Balaban J connectivity index is 2.55. The van der Waals surface area contributed by atoms with Gasteiger partial charge in [-0.15, -0.1) is 0 Å². The van der Waals surface area contributed by atoms with Crippen molar-refractivity contribution >= 4 is 21.2 Å². The molecule has 118 valence electrons. The van der Waals surface area contributed by atoms with Crippen LogP contribution in [0.2, 0.25) is 0 Å². The molecule has 0 unspecified atom stereocenters. The lowest BCUT2D eigenvalue weighted by molar-refractivity contribution is 0.596. The summed E-state index contributed by atoms with van der Waals surface area (Å²) in [5, 5.41) is 0. The van der Waals surface area contributed by atoms with Crippen LogP contribution in [0.4, 0.5) is 11.4 Å². The van der Waals surface area contributed by atoms with Crippen LogP contribution in [0.15, 0.2) is 52.3 Å². The van der Waals surface area contributed by atoms with Crippen molar-refractivity contribution in [2.45, 2.75) is 30.6 Å². The predicted octanol–water partition coefficient (Wildman–Crippen LogP) is 3.26. The second-order valence-electron chi connectivity index (χ2n) is 5.21. The fraction of sp³-hybridized carbons (Fsp3) is 0.294. The zero-order valence-electron chi connectivity index (χ0n) is 13.2. The van der Waals surface area contributed by atoms with Crippen LogP contribution in [0.3, 0.4) is 0 Å². The van der Waals surface area contributed by atoms with Crippen LogP contribution in [-0.2, 0) is 9.84 Å². The largest absolute Gasteiger partial charge is 0.398 e. The third-order valence-electron chi connectivity index (χ3n) is 3.75. The molecule has 0 aliphatic carbocycles. The van der Waals surface area contributed by atoms with Gasteiger partial charge in [0.15, 0.2) is 0 Å². The highest BCUT2D eigenvalue weighted by molar-refractivity contribution is 7.91. The van der Waals surface area contributed by atoms with Crippen molar-refractivity contribution in [3.05, 3.63) is 48.0 Å². The van der Waals surface area contributed by atoms with Crippen molar-refractivity contribution < 1.29 is 8.42 Å². The molecular weight excluding hydrogens is 296 g/mol. The number of nitrogen functional groups attached to an aromatic ring is 1. The first-order valence-corrected chi connectivity index (χ1v) is 8.84. The monoisotopic (exact) mass is 318 g/mol. The molecule has 0 aliphatic heterocycles. The Labute approximate surface area is 132 Å². The Hall–Kier alpha value is -2.01. The molecule has 0 aromatic heterocycles. The smallest absolute Gasteiger partial charge is 0.208 e. The van der Waals surface area contributed by atoms with Crippen molar-refractivity contribution in [3.63, 3.8) is 0 Å². The maximum atomic E-state index is 12.8. The van der Waals surface area contributed by atoms with Gasteiger partial charge in [-0.3, -0.25) is 0 Å². The molecule has 2 rings (SSSR count). The van der Waals surface area contributed by atoms with Gasteiger partial charge in [0.25, 0.3) is 0 Å². The number of benzene rings is 2. The summed E-state index contributed by atoms with van der Waals surface area (Å²) >= 11 is 0. The van der Waals surface area contributed by atoms with Crippen LogP contribution in [0.25, 0.3) is 0 Å². The summed E-state index contributed by atoms with van der Waals surface area (Å²) in [4.78, 5) is 2.52. The first-order valence-electron chi connectivity index (χ1n) is 7.36. The highest BCUT2D eigenvalue weighted by atomic mass is 32.2. The Kier molecular flexibility index (Phi) is 4.76. The third-order valence-corrected chi connectivity index (χ3v) is 5.57. The first kappa shape index (κ1) is 16.4. The summed E-state index contributed by atoms with van der Waals surface area (Å²) in [5.41, 5.74) is 8.09. The quantitative estimate of drug-likeness (QED) is 0.860. The minimum atomic E-state index is -3.61. The van der Waals surface area contributed by atoms with E-state index in [-0.39, 0.29) is 15.5 Å². The van der Waals surface area contributed by atoms with E-state index in [1.165, 1.54) is 0 Å². The highest BCUT2D eigenvalue weighted by Gasteiger charge is 2.21. The van der Waals surface area contributed by atoms with Gasteiger partial charge in [0.05, 0.1) is 15.5 Å². The van der Waals surface area contributed by atoms with Crippen molar-refractivity contribution in [1.29, 1.82) is 0 Å². The van der Waals surface area contributed by atoms with E-state index in [9.17, 15) is 8.42 Å². The maximum Gasteiger partial charge on any atom is 0.208 e. The summed E-state index contributed by atoms with van der Waals surface area (Å²) in [7, 11) is -3.61. The third kappa shape index (κ3) is 3.09. The fourth-order valence-corrected chi connectivity index (χ4v) is 3.79. The van der Waals surface area contributed by atoms with Gasteiger partial charge in [0.1, 0.15) is 0 Å². The Morgan fingerprint density at radius 2 is 1.59 bits per heavy atom. The first-order chi connectivity index (χ1) is 10.4. The molecular formula is C17H22N2O2S. The van der Waals surface area contributed by atoms with Gasteiger partial charge < -0.3 is 10.6 Å². The normalized spacial score (nSPS) is 11.4. The Morgan fingerprint density at radius 1 is 1.00 bits per heavy atom. The van der Waals surface area contributed by atoms with E-state index in [4.69, 9.17) is 5.73 Å². The number of rotatable bonds is 5. The highest BCUT2D eigenvalue weighted by Crippen LogP contribution is 2.30. The van der Waals surface area contributed by atoms with Crippen molar-refractivity contribution in [2.75, 3.05) is 23.7 Å². The molecule has 4 nitrogen and oxygen atoms in total. The van der Waals surface area contributed by atoms with E-state index in [2.05, 4.69) is 4.90 Å². The SMILES string of the molecule is CCN(CC)c1ccc(N)c(S(=O)(=O)c2ccc(C)cc2)c1. The van der Waals surface area contributed by atoms with E-state index < -0.39 is 9.84 Å². The van der Waals surface area contributed by atoms with Gasteiger partial charge >= 0.3 is 0 Å². The molecule has 0 atom stereocenters. The topological polar surface area (TPSA) is 63.4 Å². The zero-order chi connectivity index (χ0) is 16.3. The number of nitrogens with zero attached hydrogens (tertiary/aromatic N) is 1. The molecule has 0 aliphatic rings. The number of aryl methyl sites for hydroxylation is 1. The lowest BCUT2D eigenvalue weighted by Gasteiger charge is -2.22. The molecule has 2 N–H and O–H groups in total. The summed E-state index contributed by atoms with van der Waals surface area (Å²) in [6, 6.07) is 12.0. The number of sulfone groups is 1. The summed E-state index contributed by atoms with van der Waals surface area (Å²) in [5.74, 6) is 0. The predicted molar refractivity (Wildman–Crippen MR) is 91.0 cm³/mol. The Morgan fingerprint density at radius 3 is 2.14 bits per heavy atom. The molecule has 2 aromatic carbocycles. The maximum absolute atomic E-state index is 12.8. The van der Waals surface area contributed by atoms with E-state index in [0.717, 1.165) is 24.3 Å². The summed E-state index contributed by atoms with van der Waals surface area (Å²) < 4.78 is 25.6. The molecule has 5 heteroatoms. The van der Waals surface area contributed by atoms with Crippen LogP contribution >= 0.6 is 0 Å².